The van der Waals surface area contributed by atoms with Gasteiger partial charge in [0.2, 0.25) is 5.78 Å². The van der Waals surface area contributed by atoms with E-state index >= 15 is 0 Å². The van der Waals surface area contributed by atoms with Crippen molar-refractivity contribution in [2.45, 2.75) is 138 Å². The van der Waals surface area contributed by atoms with Crippen LogP contribution in [-0.4, -0.2) is 109 Å². The van der Waals surface area contributed by atoms with Gasteiger partial charge in [-0.2, -0.15) is 40.5 Å². The van der Waals surface area contributed by atoms with Crippen molar-refractivity contribution in [1.82, 2.24) is 32.1 Å². The zero-order valence-corrected chi connectivity index (χ0v) is 52.7. The molecule has 0 fully saturated rings. The first-order chi connectivity index (χ1) is 36.7. The third kappa shape index (κ3) is 41.6. The number of benzene rings is 3. The lowest BCUT2D eigenvalue weighted by atomic mass is 10.1. The lowest BCUT2D eigenvalue weighted by Crippen LogP contribution is -2.44. The number of carboxylic acids is 2. The number of hydrogen-bond acceptors (Lipinski definition) is 14. The van der Waals surface area contributed by atoms with E-state index in [0.29, 0.717) is 23.5 Å². The number of esters is 1. The number of nitrogens with zero attached hydrogens (tertiary/aromatic N) is 1. The monoisotopic (exact) mass is 1320 g/mol. The molecule has 1 aromatic heterocycles. The minimum Gasteiger partial charge on any atom is -0.481 e. The number of halogens is 4. The molecule has 1 heterocycles. The Hall–Kier alpha value is -7.07. The third-order valence-corrected chi connectivity index (χ3v) is 9.28. The number of ketones is 2. The number of imidazole rings is 1. The SMILES string of the molecule is C.C.C=CC[C@H](NC(=O)OC(C)(C)C)C(=O)O.C=CC[C@H](NC(=O)OC(C)(C)C)C(=O)OCC(=O)c1ccccc1F.C=CC[C@H](NC(=O)OC(C)(C)C)c1ncc(-c2ccccc2F)[nH]1.CC(=O)O.N.O=C(CBr)c1ccccc1F.S.S.S. The number of ether oxygens (including phenoxy) is 4. The number of H-pyrrole nitrogens is 1. The van der Waals surface area contributed by atoms with E-state index in [1.165, 1.54) is 48.6 Å². The molecular formula is C58H88BrF3N6O14S3. The fraction of sp³-hybridized carbons (Fsp3) is 0.397. The highest BCUT2D eigenvalue weighted by atomic mass is 79.9. The molecule has 0 aliphatic rings. The molecule has 480 valence electrons. The smallest absolute Gasteiger partial charge is 0.408 e. The summed E-state index contributed by atoms with van der Waals surface area (Å²) in [6, 6.07) is 15.3. The molecule has 0 unspecified atom stereocenters. The minimum atomic E-state index is -1.11. The van der Waals surface area contributed by atoms with Crippen molar-refractivity contribution in [3.63, 3.8) is 0 Å². The Morgan fingerprint density at radius 3 is 1.35 bits per heavy atom. The predicted octanol–water partition coefficient (Wildman–Crippen LogP) is 13.2. The molecule has 4 aromatic rings. The highest BCUT2D eigenvalue weighted by molar-refractivity contribution is 9.09. The molecule has 0 aliphatic heterocycles. The molecule has 0 spiro atoms. The average molecular weight is 1330 g/mol. The van der Waals surface area contributed by atoms with Crippen molar-refractivity contribution in [1.29, 1.82) is 0 Å². The zero-order chi connectivity index (χ0) is 60.7. The van der Waals surface area contributed by atoms with Crippen LogP contribution >= 0.6 is 56.4 Å². The van der Waals surface area contributed by atoms with E-state index in [0.717, 1.165) is 13.0 Å². The van der Waals surface area contributed by atoms with Crippen LogP contribution in [-0.2, 0) is 33.3 Å². The van der Waals surface area contributed by atoms with Crippen molar-refractivity contribution in [3.8, 4) is 11.3 Å². The van der Waals surface area contributed by atoms with E-state index in [9.17, 15) is 46.7 Å². The fourth-order valence-electron chi connectivity index (χ4n) is 5.62. The van der Waals surface area contributed by atoms with Gasteiger partial charge < -0.3 is 56.2 Å². The van der Waals surface area contributed by atoms with Crippen molar-refractivity contribution in [3.05, 3.63) is 151 Å². The van der Waals surface area contributed by atoms with Gasteiger partial charge >= 0.3 is 30.2 Å². The Morgan fingerprint density at radius 2 is 0.976 bits per heavy atom. The Balaban J connectivity index is -0.000000189. The first-order valence-electron chi connectivity index (χ1n) is 24.0. The first-order valence-corrected chi connectivity index (χ1v) is 25.1. The predicted molar refractivity (Wildman–Crippen MR) is 344 cm³/mol. The van der Waals surface area contributed by atoms with Crippen molar-refractivity contribution in [2.75, 3.05) is 11.9 Å². The maximum absolute atomic E-state index is 13.9. The molecule has 20 nitrogen and oxygen atoms in total. The van der Waals surface area contributed by atoms with E-state index in [-0.39, 0.29) is 102 Å². The molecule has 0 aliphatic carbocycles. The molecule has 3 amide bonds. The molecule has 3 atom stereocenters. The second kappa shape index (κ2) is 46.2. The molecule has 3 aromatic carbocycles. The molecule has 4 rings (SSSR count). The van der Waals surface area contributed by atoms with Crippen molar-refractivity contribution in [2.24, 2.45) is 0 Å². The highest BCUT2D eigenvalue weighted by Gasteiger charge is 2.27. The number of alkyl carbamates (subject to hydrolysis) is 3. The van der Waals surface area contributed by atoms with Gasteiger partial charge in [-0.15, -0.1) is 19.7 Å². The summed E-state index contributed by atoms with van der Waals surface area (Å²) in [6.45, 7) is 26.6. The number of rotatable bonds is 18. The number of alkyl halides is 1. The second-order valence-corrected chi connectivity index (χ2v) is 19.8. The van der Waals surface area contributed by atoms with Crippen LogP contribution in [0.3, 0.4) is 0 Å². The summed E-state index contributed by atoms with van der Waals surface area (Å²) in [7, 11) is 0. The molecule has 0 bridgehead atoms. The Kier molecular flexibility index (Phi) is 49.9. The number of Topliss-reactive ketones (excluding diaryl/α,β-unsaturated/α-hetero) is 2. The summed E-state index contributed by atoms with van der Waals surface area (Å²) >= 11 is 2.97. The number of aliphatic carboxylic acids is 2. The molecule has 9 N–H and O–H groups in total. The van der Waals surface area contributed by atoms with E-state index in [2.05, 4.69) is 61.6 Å². The summed E-state index contributed by atoms with van der Waals surface area (Å²) < 4.78 is 60.3. The lowest BCUT2D eigenvalue weighted by molar-refractivity contribution is -0.145. The number of aromatic nitrogens is 2. The number of carbonyl (C=O) groups is 8. The van der Waals surface area contributed by atoms with Gasteiger partial charge in [0, 0.05) is 12.5 Å². The van der Waals surface area contributed by atoms with E-state index in [1.54, 1.807) is 105 Å². The number of hydrogen-bond donors (Lipinski definition) is 7. The van der Waals surface area contributed by atoms with E-state index in [4.69, 9.17) is 34.0 Å². The minimum absolute atomic E-state index is 0. The van der Waals surface area contributed by atoms with Gasteiger partial charge in [-0.05, 0) is 118 Å². The molecule has 0 saturated carbocycles. The largest absolute Gasteiger partial charge is 0.481 e. The number of carbonyl (C=O) groups excluding carboxylic acids is 6. The summed E-state index contributed by atoms with van der Waals surface area (Å²) in [6.07, 6.45) is 4.70. The second-order valence-electron chi connectivity index (χ2n) is 19.2. The number of nitrogens with one attached hydrogen (secondary N) is 4. The van der Waals surface area contributed by atoms with Gasteiger partial charge in [0.1, 0.15) is 52.2 Å². The van der Waals surface area contributed by atoms with Gasteiger partial charge in [0.05, 0.1) is 34.4 Å². The van der Waals surface area contributed by atoms with E-state index < -0.39 is 95.1 Å². The Bertz CT molecular complexity index is 2700. The van der Waals surface area contributed by atoms with E-state index in [1.807, 2.05) is 0 Å². The fourth-order valence-corrected chi connectivity index (χ4v) is 5.92. The van der Waals surface area contributed by atoms with Crippen LogP contribution in [0.5, 0.6) is 0 Å². The van der Waals surface area contributed by atoms with Crippen LogP contribution in [0.1, 0.15) is 136 Å². The van der Waals surface area contributed by atoms with Gasteiger partial charge in [0.15, 0.2) is 12.4 Å². The normalized spacial score (nSPS) is 10.8. The average Bonchev–Trinajstić information content (AvgIpc) is 3.82. The Morgan fingerprint density at radius 1 is 0.612 bits per heavy atom. The number of carboxylic acid groups (broad SMARTS) is 2. The molecule has 0 saturated heterocycles. The van der Waals surface area contributed by atoms with Crippen LogP contribution < -0.4 is 22.1 Å². The zero-order valence-electron chi connectivity index (χ0n) is 48.1. The quantitative estimate of drug-likeness (QED) is 0.0160. The number of amides is 3. The molecular weight excluding hydrogens is 1240 g/mol. The van der Waals surface area contributed by atoms with Gasteiger partial charge in [0.25, 0.3) is 5.97 Å². The maximum atomic E-state index is 13.9. The molecule has 0 radical (unpaired) electrons. The molecule has 27 heteroatoms. The standard InChI is InChI=1S/C18H22FN3O2.C18H22FNO5.C10H17NO4.C8H6BrFO.C2H4O2.2CH4.H3N.3H2S/c1-5-8-14(22-17(23)24-18(2,3)4)16-20-11-15(21-16)12-9-6-7-10-13(12)19;1-5-8-14(20-17(23)25-18(2,3)4)16(22)24-11-15(21)12-9-6-7-10-13(12)19;1-5-6-7(8(12)13)11-9(14)15-10(2,3)4;9-5-8(11)6-3-1-2-4-7(6)10;1-2(3)4;;;;;;/h5-7,9-11,14H,1,8H2,2-4H3,(H,20,21)(H,22,23);5-7,9-10,14H,1,8,11H2,2-4H3,(H,20,23);5,7H,1,6H2,2-4H3,(H,11,14)(H,12,13);1-4H,5H2;1H3,(H,3,4);2*1H4;1H3;3*1H2/t2*14-;7-;;;;;;;;/m000......../s1. The molecule has 85 heavy (non-hydrogen) atoms. The first kappa shape index (κ1) is 91.7. The topological polar surface area (TPSA) is 314 Å². The van der Waals surface area contributed by atoms with Gasteiger partial charge in [-0.3, -0.25) is 14.4 Å². The summed E-state index contributed by atoms with van der Waals surface area (Å²) in [5, 5.41) is 23.7. The lowest BCUT2D eigenvalue weighted by Gasteiger charge is -2.22. The van der Waals surface area contributed by atoms with Crippen LogP contribution in [0, 0.1) is 17.5 Å². The third-order valence-electron chi connectivity index (χ3n) is 8.77. The highest BCUT2D eigenvalue weighted by Crippen LogP contribution is 2.24. The van der Waals surface area contributed by atoms with Gasteiger partial charge in [-0.1, -0.05) is 85.4 Å². The van der Waals surface area contributed by atoms with Crippen LogP contribution in [0.4, 0.5) is 27.6 Å². The summed E-state index contributed by atoms with van der Waals surface area (Å²) in [5.74, 6) is -4.68. The van der Waals surface area contributed by atoms with Crippen molar-refractivity contribution < 1.29 is 80.7 Å². The van der Waals surface area contributed by atoms with Crippen LogP contribution in [0.2, 0.25) is 0 Å². The number of aromatic amines is 1. The summed E-state index contributed by atoms with van der Waals surface area (Å²) in [5.41, 5.74) is -1.02. The van der Waals surface area contributed by atoms with Crippen LogP contribution in [0.15, 0.2) is 117 Å². The Labute approximate surface area is 527 Å². The van der Waals surface area contributed by atoms with Crippen LogP contribution in [0.25, 0.3) is 11.3 Å². The van der Waals surface area contributed by atoms with Gasteiger partial charge in [-0.25, -0.2) is 42.1 Å². The summed E-state index contributed by atoms with van der Waals surface area (Å²) in [4.78, 5) is 96.9. The maximum Gasteiger partial charge on any atom is 0.408 e. The van der Waals surface area contributed by atoms with Crippen molar-refractivity contribution >= 4 is 104 Å².